The van der Waals surface area contributed by atoms with Crippen LogP contribution in [-0.4, -0.2) is 47.2 Å². The first kappa shape index (κ1) is 20.7. The second-order valence-electron chi connectivity index (χ2n) is 8.42. The van der Waals surface area contributed by atoms with Crippen molar-refractivity contribution in [3.63, 3.8) is 0 Å². The van der Waals surface area contributed by atoms with Crippen LogP contribution < -0.4 is 5.32 Å². The minimum atomic E-state index is -0.536. The zero-order valence-corrected chi connectivity index (χ0v) is 16.6. The van der Waals surface area contributed by atoms with Crippen molar-refractivity contribution >= 4 is 11.8 Å². The molecule has 0 radical (unpaired) electrons. The largest absolute Gasteiger partial charge is 0.509 e. The van der Waals surface area contributed by atoms with E-state index in [9.17, 15) is 14.7 Å². The van der Waals surface area contributed by atoms with Crippen molar-refractivity contribution in [2.45, 2.75) is 84.9 Å². The summed E-state index contributed by atoms with van der Waals surface area (Å²) in [4.78, 5) is 26.6. The number of nitrogens with one attached hydrogen (secondary N) is 1. The molecule has 2 rings (SSSR count). The van der Waals surface area contributed by atoms with Crippen LogP contribution in [0.1, 0.15) is 72.6 Å². The summed E-state index contributed by atoms with van der Waals surface area (Å²) in [7, 11) is 0. The number of aliphatic hydroxyl groups excluding tert-OH is 1. The van der Waals surface area contributed by atoms with Crippen LogP contribution in [0.15, 0.2) is 11.3 Å². The number of aliphatic hydroxyl groups is 1. The molecule has 0 aromatic heterocycles. The molecule has 0 saturated carbocycles. The molecule has 0 unspecified atom stereocenters. The molecule has 2 aliphatic heterocycles. The lowest BCUT2D eigenvalue weighted by molar-refractivity contribution is -0.139. The van der Waals surface area contributed by atoms with Crippen molar-refractivity contribution in [1.82, 2.24) is 10.2 Å². The summed E-state index contributed by atoms with van der Waals surface area (Å²) < 4.78 is 5.69. The van der Waals surface area contributed by atoms with E-state index in [4.69, 9.17) is 4.74 Å². The molecule has 148 valence electrons. The van der Waals surface area contributed by atoms with Gasteiger partial charge >= 0.3 is 0 Å². The van der Waals surface area contributed by atoms with Gasteiger partial charge in [0, 0.05) is 12.0 Å². The lowest BCUT2D eigenvalue weighted by atomic mass is 9.93. The highest BCUT2D eigenvalue weighted by Gasteiger charge is 2.53. The summed E-state index contributed by atoms with van der Waals surface area (Å²) in [6.07, 6.45) is 7.71. The molecular weight excluding hydrogens is 332 g/mol. The van der Waals surface area contributed by atoms with Gasteiger partial charge in [-0.05, 0) is 6.42 Å². The van der Waals surface area contributed by atoms with Gasteiger partial charge < -0.3 is 15.2 Å². The number of carbonyl (C=O) groups excluding carboxylic acids is 2. The van der Waals surface area contributed by atoms with Gasteiger partial charge in [-0.15, -0.1) is 0 Å². The van der Waals surface area contributed by atoms with Gasteiger partial charge in [-0.3, -0.25) is 14.5 Å². The molecule has 0 aromatic rings. The summed E-state index contributed by atoms with van der Waals surface area (Å²) in [6, 6.07) is -0.536. The average molecular weight is 367 g/mol. The predicted octanol–water partition coefficient (Wildman–Crippen LogP) is 3.28. The first-order valence-electron chi connectivity index (χ1n) is 9.94. The number of nitrogens with zero attached hydrogens (tertiary/aromatic N) is 1. The number of amides is 2. The third-order valence-electron chi connectivity index (χ3n) is 5.05. The van der Waals surface area contributed by atoms with Crippen molar-refractivity contribution in [3.05, 3.63) is 11.3 Å². The molecule has 2 heterocycles. The molecular formula is C20H34N2O4. The summed E-state index contributed by atoms with van der Waals surface area (Å²) in [5.41, 5.74) is -0.399. The molecule has 26 heavy (non-hydrogen) atoms. The van der Waals surface area contributed by atoms with E-state index in [0.717, 1.165) is 12.8 Å². The first-order valence-corrected chi connectivity index (χ1v) is 9.94. The summed E-state index contributed by atoms with van der Waals surface area (Å²) in [5.74, 6) is -1.05. The Hall–Kier alpha value is -1.56. The minimum Gasteiger partial charge on any atom is -0.509 e. The molecule has 0 aliphatic carbocycles. The molecule has 2 atom stereocenters. The van der Waals surface area contributed by atoms with Crippen LogP contribution >= 0.6 is 0 Å². The Morgan fingerprint density at radius 2 is 1.81 bits per heavy atom. The third-order valence-corrected chi connectivity index (χ3v) is 5.05. The van der Waals surface area contributed by atoms with Crippen LogP contribution in [-0.2, 0) is 14.3 Å². The van der Waals surface area contributed by atoms with E-state index in [1.165, 1.54) is 37.0 Å². The number of hydrogen-bond acceptors (Lipinski definition) is 4. The molecule has 6 heteroatoms. The smallest absolute Gasteiger partial charge is 0.265 e. The quantitative estimate of drug-likeness (QED) is 0.485. The Labute approximate surface area is 157 Å². The lowest BCUT2D eigenvalue weighted by Gasteiger charge is -2.33. The van der Waals surface area contributed by atoms with Crippen molar-refractivity contribution in [1.29, 1.82) is 0 Å². The van der Waals surface area contributed by atoms with Crippen molar-refractivity contribution < 1.29 is 19.4 Å². The topological polar surface area (TPSA) is 78.9 Å². The van der Waals surface area contributed by atoms with Crippen LogP contribution in [0.3, 0.4) is 0 Å². The normalized spacial score (nSPS) is 22.9. The number of ether oxygens (including phenoxy) is 1. The van der Waals surface area contributed by atoms with E-state index < -0.39 is 24.1 Å². The van der Waals surface area contributed by atoms with E-state index in [1.54, 1.807) is 0 Å². The Bertz CT molecular complexity index is 551. The zero-order valence-electron chi connectivity index (χ0n) is 16.6. The molecule has 1 fully saturated rings. The van der Waals surface area contributed by atoms with Crippen LogP contribution in [0.5, 0.6) is 0 Å². The van der Waals surface area contributed by atoms with Crippen LogP contribution in [0.4, 0.5) is 0 Å². The van der Waals surface area contributed by atoms with E-state index in [2.05, 4.69) is 12.2 Å². The zero-order chi connectivity index (χ0) is 19.3. The Kier molecular flexibility index (Phi) is 7.09. The fourth-order valence-electron chi connectivity index (χ4n) is 3.62. The molecule has 2 amide bonds. The van der Waals surface area contributed by atoms with Gasteiger partial charge in [0.15, 0.2) is 0 Å². The van der Waals surface area contributed by atoms with Gasteiger partial charge in [0.05, 0.1) is 6.61 Å². The third kappa shape index (κ3) is 4.58. The molecule has 0 bridgehead atoms. The van der Waals surface area contributed by atoms with Crippen molar-refractivity contribution in [2.24, 2.45) is 5.41 Å². The van der Waals surface area contributed by atoms with Crippen LogP contribution in [0.2, 0.25) is 0 Å². The standard InChI is InChI=1S/C20H34N2O4/c1-5-6-7-8-9-10-11-12-21-17(24)15-16(23)14-13-26-19(20(2,3)4)22(14)18(15)25/h14,19,23H,5-13H2,1-4H3,(H,21,24)/t14-,19-/m0/s1. The van der Waals surface area contributed by atoms with Gasteiger partial charge in [0.1, 0.15) is 23.6 Å². The van der Waals surface area contributed by atoms with Crippen LogP contribution in [0, 0.1) is 5.41 Å². The van der Waals surface area contributed by atoms with E-state index >= 15 is 0 Å². The fourth-order valence-corrected chi connectivity index (χ4v) is 3.62. The van der Waals surface area contributed by atoms with Gasteiger partial charge in [-0.1, -0.05) is 66.2 Å². The summed E-state index contributed by atoms with van der Waals surface area (Å²) in [5, 5.41) is 13.2. The summed E-state index contributed by atoms with van der Waals surface area (Å²) >= 11 is 0. The fraction of sp³-hybridized carbons (Fsp3) is 0.800. The van der Waals surface area contributed by atoms with Crippen LogP contribution in [0.25, 0.3) is 0 Å². The molecule has 2 N–H and O–H groups in total. The highest BCUT2D eigenvalue weighted by atomic mass is 16.5. The summed E-state index contributed by atoms with van der Waals surface area (Å²) in [6.45, 7) is 8.88. The number of carbonyl (C=O) groups is 2. The van der Waals surface area contributed by atoms with Gasteiger partial charge in [0.2, 0.25) is 0 Å². The van der Waals surface area contributed by atoms with Crippen molar-refractivity contribution in [2.75, 3.05) is 13.2 Å². The number of fused-ring (bicyclic) bond motifs is 1. The SMILES string of the molecule is CCCCCCCCCNC(=O)C1=C(O)[C@@H]2CO[C@@H](C(C)(C)C)N2C1=O. The van der Waals surface area contributed by atoms with Crippen molar-refractivity contribution in [3.8, 4) is 0 Å². The minimum absolute atomic E-state index is 0.115. The van der Waals surface area contributed by atoms with E-state index in [1.807, 2.05) is 20.8 Å². The second kappa shape index (κ2) is 8.89. The Balaban J connectivity index is 1.82. The molecule has 6 nitrogen and oxygen atoms in total. The maximum absolute atomic E-state index is 12.7. The van der Waals surface area contributed by atoms with Gasteiger partial charge in [-0.2, -0.15) is 0 Å². The maximum Gasteiger partial charge on any atom is 0.265 e. The van der Waals surface area contributed by atoms with E-state index in [0.29, 0.717) is 6.54 Å². The average Bonchev–Trinajstić information content (AvgIpc) is 3.11. The molecule has 0 aromatic carbocycles. The Morgan fingerprint density at radius 1 is 1.19 bits per heavy atom. The van der Waals surface area contributed by atoms with Gasteiger partial charge in [0.25, 0.3) is 11.8 Å². The second-order valence-corrected chi connectivity index (χ2v) is 8.42. The number of rotatable bonds is 9. The number of unbranched alkanes of at least 4 members (excludes halogenated alkanes) is 6. The first-order chi connectivity index (χ1) is 12.3. The predicted molar refractivity (Wildman–Crippen MR) is 100 cm³/mol. The molecule has 0 spiro atoms. The molecule has 1 saturated heterocycles. The highest BCUT2D eigenvalue weighted by Crippen LogP contribution is 2.38. The maximum atomic E-state index is 12.7. The van der Waals surface area contributed by atoms with E-state index in [-0.39, 0.29) is 23.4 Å². The Morgan fingerprint density at radius 3 is 2.42 bits per heavy atom. The lowest BCUT2D eigenvalue weighted by Crippen LogP contribution is -2.45. The molecule has 2 aliphatic rings. The highest BCUT2D eigenvalue weighted by molar-refractivity contribution is 6.20. The van der Waals surface area contributed by atoms with Gasteiger partial charge in [-0.25, -0.2) is 0 Å². The monoisotopic (exact) mass is 366 g/mol. The number of hydrogen-bond donors (Lipinski definition) is 2.